The van der Waals surface area contributed by atoms with E-state index >= 15 is 0 Å². The summed E-state index contributed by atoms with van der Waals surface area (Å²) in [7, 11) is 0. The van der Waals surface area contributed by atoms with Crippen molar-refractivity contribution in [2.24, 2.45) is 0 Å². The van der Waals surface area contributed by atoms with Crippen LogP contribution in [0.15, 0.2) is 54.6 Å². The minimum absolute atomic E-state index is 0. The Morgan fingerprint density at radius 1 is 0.900 bits per heavy atom. The molecule has 0 aliphatic carbocycles. The highest BCUT2D eigenvalue weighted by atomic mass is 35.5. The molecule has 2 N–H and O–H groups in total. The lowest BCUT2D eigenvalue weighted by Crippen LogP contribution is -2.36. The standard InChI is InChI=1S/C34H52N2O3.ClH/c1-2-3-4-5-6-7-8-9-10-14-24-39-33(28-38-27-29-16-12-11-13-17-29)26-36-34(37)32-19-15-18-31(25-32)30-20-22-35-23-21-30;/h11-13,15-19,25,30,33,35H,2-10,14,20-24,26-28H2,1H3,(H,36,37);1H. The predicted octanol–water partition coefficient (Wildman–Crippen LogP) is 7.83. The summed E-state index contributed by atoms with van der Waals surface area (Å²) >= 11 is 0. The maximum Gasteiger partial charge on any atom is 0.251 e. The van der Waals surface area contributed by atoms with Crippen molar-refractivity contribution in [3.8, 4) is 0 Å². The van der Waals surface area contributed by atoms with E-state index in [1.165, 1.54) is 63.4 Å². The first-order valence-electron chi connectivity index (χ1n) is 15.6. The number of nitrogens with one attached hydrogen (secondary N) is 2. The molecular weight excluding hydrogens is 520 g/mol. The highest BCUT2D eigenvalue weighted by Gasteiger charge is 2.17. The third kappa shape index (κ3) is 14.1. The fraction of sp³-hybridized carbons (Fsp3) is 0.618. The van der Waals surface area contributed by atoms with E-state index in [2.05, 4.69) is 41.8 Å². The molecule has 224 valence electrons. The van der Waals surface area contributed by atoms with Crippen LogP contribution in [0.2, 0.25) is 0 Å². The van der Waals surface area contributed by atoms with Crippen LogP contribution in [0.3, 0.4) is 0 Å². The summed E-state index contributed by atoms with van der Waals surface area (Å²) in [6, 6.07) is 18.3. The molecule has 1 amide bonds. The minimum Gasteiger partial charge on any atom is -0.374 e. The number of hydrogen-bond donors (Lipinski definition) is 2. The number of carbonyl (C=O) groups is 1. The van der Waals surface area contributed by atoms with Gasteiger partial charge in [-0.3, -0.25) is 4.79 Å². The van der Waals surface area contributed by atoms with Gasteiger partial charge in [-0.2, -0.15) is 0 Å². The molecule has 0 radical (unpaired) electrons. The van der Waals surface area contributed by atoms with E-state index in [1.807, 2.05) is 30.3 Å². The second-order valence-electron chi connectivity index (χ2n) is 11.0. The summed E-state index contributed by atoms with van der Waals surface area (Å²) in [5.41, 5.74) is 3.14. The molecule has 2 aromatic carbocycles. The summed E-state index contributed by atoms with van der Waals surface area (Å²) in [5.74, 6) is 0.490. The number of ether oxygens (including phenoxy) is 2. The molecule has 5 nitrogen and oxygen atoms in total. The zero-order valence-corrected chi connectivity index (χ0v) is 25.5. The van der Waals surface area contributed by atoms with Gasteiger partial charge >= 0.3 is 0 Å². The molecule has 0 saturated carbocycles. The summed E-state index contributed by atoms with van der Waals surface area (Å²) < 4.78 is 12.2. The van der Waals surface area contributed by atoms with E-state index in [9.17, 15) is 4.79 Å². The first-order chi connectivity index (χ1) is 19.3. The SMILES string of the molecule is CCCCCCCCCCCCOC(CNC(=O)c1cccc(C2CCNCC2)c1)COCc1ccccc1.Cl. The van der Waals surface area contributed by atoms with E-state index in [1.54, 1.807) is 0 Å². The van der Waals surface area contributed by atoms with Crippen LogP contribution >= 0.6 is 12.4 Å². The highest BCUT2D eigenvalue weighted by Crippen LogP contribution is 2.25. The number of rotatable bonds is 20. The topological polar surface area (TPSA) is 59.6 Å². The van der Waals surface area contributed by atoms with Crippen LogP contribution in [-0.4, -0.2) is 44.9 Å². The van der Waals surface area contributed by atoms with Crippen molar-refractivity contribution in [3.05, 3.63) is 71.3 Å². The van der Waals surface area contributed by atoms with E-state index in [4.69, 9.17) is 9.47 Å². The van der Waals surface area contributed by atoms with Crippen molar-refractivity contribution in [3.63, 3.8) is 0 Å². The minimum atomic E-state index is -0.163. The molecule has 1 saturated heterocycles. The van der Waals surface area contributed by atoms with Gasteiger partial charge in [0.05, 0.1) is 19.3 Å². The summed E-state index contributed by atoms with van der Waals surface area (Å²) in [5, 5.41) is 6.53. The summed E-state index contributed by atoms with van der Waals surface area (Å²) in [6.45, 7) is 6.52. The monoisotopic (exact) mass is 572 g/mol. The number of piperidine rings is 1. The van der Waals surface area contributed by atoms with Crippen LogP contribution < -0.4 is 10.6 Å². The Bertz CT molecular complexity index is 905. The van der Waals surface area contributed by atoms with E-state index in [-0.39, 0.29) is 24.4 Å². The van der Waals surface area contributed by atoms with Crippen LogP contribution in [-0.2, 0) is 16.1 Å². The molecule has 0 aromatic heterocycles. The number of halogens is 1. The van der Waals surface area contributed by atoms with Crippen LogP contribution in [0.4, 0.5) is 0 Å². The van der Waals surface area contributed by atoms with Gasteiger partial charge in [0.25, 0.3) is 5.91 Å². The zero-order chi connectivity index (χ0) is 27.4. The maximum atomic E-state index is 13.0. The summed E-state index contributed by atoms with van der Waals surface area (Å²) in [6.07, 6.45) is 15.1. The molecule has 1 heterocycles. The quantitative estimate of drug-likeness (QED) is 0.159. The summed E-state index contributed by atoms with van der Waals surface area (Å²) in [4.78, 5) is 13.0. The average molecular weight is 573 g/mol. The molecule has 6 heteroatoms. The second-order valence-corrected chi connectivity index (χ2v) is 11.0. The van der Waals surface area contributed by atoms with Crippen LogP contribution in [0, 0.1) is 0 Å². The lowest BCUT2D eigenvalue weighted by Gasteiger charge is -2.23. The molecule has 2 aromatic rings. The average Bonchev–Trinajstić information content (AvgIpc) is 2.99. The Hall–Kier alpha value is -1.92. The maximum absolute atomic E-state index is 13.0. The van der Waals surface area contributed by atoms with Gasteiger partial charge in [0.15, 0.2) is 0 Å². The van der Waals surface area contributed by atoms with Crippen molar-refractivity contribution < 1.29 is 14.3 Å². The smallest absolute Gasteiger partial charge is 0.251 e. The Morgan fingerprint density at radius 2 is 1.57 bits per heavy atom. The highest BCUT2D eigenvalue weighted by molar-refractivity contribution is 5.94. The number of benzene rings is 2. The Labute approximate surface area is 249 Å². The second kappa shape index (κ2) is 21.8. The first kappa shape index (κ1) is 34.3. The van der Waals surface area contributed by atoms with E-state index < -0.39 is 0 Å². The van der Waals surface area contributed by atoms with Crippen molar-refractivity contribution >= 4 is 18.3 Å². The van der Waals surface area contributed by atoms with Gasteiger partial charge in [-0.05, 0) is 61.5 Å². The number of unbranched alkanes of at least 4 members (excludes halogenated alkanes) is 9. The van der Waals surface area contributed by atoms with Crippen LogP contribution in [0.25, 0.3) is 0 Å². The zero-order valence-electron chi connectivity index (χ0n) is 24.7. The lowest BCUT2D eigenvalue weighted by atomic mass is 9.89. The van der Waals surface area contributed by atoms with Crippen molar-refractivity contribution in [1.82, 2.24) is 10.6 Å². The van der Waals surface area contributed by atoms with Gasteiger partial charge in [0.2, 0.25) is 0 Å². The lowest BCUT2D eigenvalue weighted by molar-refractivity contribution is -0.0212. The third-order valence-electron chi connectivity index (χ3n) is 7.72. The molecular formula is C34H53ClN2O3. The van der Waals surface area contributed by atoms with Gasteiger partial charge in [-0.15, -0.1) is 12.4 Å². The van der Waals surface area contributed by atoms with Crippen LogP contribution in [0.1, 0.15) is 111 Å². The molecule has 40 heavy (non-hydrogen) atoms. The molecule has 1 fully saturated rings. The third-order valence-corrected chi connectivity index (χ3v) is 7.72. The largest absolute Gasteiger partial charge is 0.374 e. The van der Waals surface area contributed by atoms with Gasteiger partial charge in [-0.25, -0.2) is 0 Å². The van der Waals surface area contributed by atoms with Gasteiger partial charge in [0.1, 0.15) is 0 Å². The molecule has 1 unspecified atom stereocenters. The van der Waals surface area contributed by atoms with E-state index in [0.29, 0.717) is 32.3 Å². The molecule has 1 atom stereocenters. The van der Waals surface area contributed by atoms with E-state index in [0.717, 1.165) is 43.5 Å². The van der Waals surface area contributed by atoms with Crippen molar-refractivity contribution in [1.29, 1.82) is 0 Å². The Kier molecular flexibility index (Phi) is 18.7. The molecule has 1 aliphatic rings. The molecule has 0 spiro atoms. The van der Waals surface area contributed by atoms with Crippen LogP contribution in [0.5, 0.6) is 0 Å². The number of amides is 1. The molecule has 0 bridgehead atoms. The first-order valence-corrected chi connectivity index (χ1v) is 15.6. The van der Waals surface area contributed by atoms with Gasteiger partial charge < -0.3 is 20.1 Å². The fourth-order valence-electron chi connectivity index (χ4n) is 5.29. The fourth-order valence-corrected chi connectivity index (χ4v) is 5.29. The van der Waals surface area contributed by atoms with Crippen molar-refractivity contribution in [2.75, 3.05) is 32.8 Å². The van der Waals surface area contributed by atoms with Crippen molar-refractivity contribution in [2.45, 2.75) is 103 Å². The molecule has 3 rings (SSSR count). The number of carbonyl (C=O) groups excluding carboxylic acids is 1. The Balaban J connectivity index is 0.00000560. The number of hydrogen-bond acceptors (Lipinski definition) is 4. The Morgan fingerprint density at radius 3 is 2.27 bits per heavy atom. The van der Waals surface area contributed by atoms with Gasteiger partial charge in [0, 0.05) is 18.7 Å². The molecule has 1 aliphatic heterocycles. The predicted molar refractivity (Wildman–Crippen MR) is 169 cm³/mol. The van der Waals surface area contributed by atoms with Gasteiger partial charge in [-0.1, -0.05) is 107 Å². The normalized spacial score (nSPS) is 14.4.